The number of rotatable bonds is 4. The summed E-state index contributed by atoms with van der Waals surface area (Å²) in [6.45, 7) is 0. The topological polar surface area (TPSA) is 96.9 Å². The molecular weight excluding hydrogens is 369 g/mol. The molecule has 0 saturated heterocycles. The van der Waals surface area contributed by atoms with Crippen molar-refractivity contribution < 1.29 is 12.8 Å². The maximum absolute atomic E-state index is 13.6. The number of hydrogen-bond donors (Lipinski definition) is 2. The van der Waals surface area contributed by atoms with Gasteiger partial charge in [-0.3, -0.25) is 9.71 Å². The van der Waals surface area contributed by atoms with Crippen LogP contribution in [0.5, 0.6) is 0 Å². The van der Waals surface area contributed by atoms with Gasteiger partial charge in [-0.2, -0.15) is 0 Å². The summed E-state index contributed by atoms with van der Waals surface area (Å²) in [6.07, 6.45) is 6.36. The minimum Gasteiger partial charge on any atom is -0.366 e. The SMILES string of the molecule is CS(=O)(=O)Nc1cnc2c(c1)CCC(Nc1ncnc3ccc(F)cc13)C2. The van der Waals surface area contributed by atoms with Gasteiger partial charge in [0.1, 0.15) is 18.0 Å². The highest BCUT2D eigenvalue weighted by molar-refractivity contribution is 7.92. The van der Waals surface area contributed by atoms with Gasteiger partial charge in [-0.05, 0) is 42.7 Å². The van der Waals surface area contributed by atoms with Gasteiger partial charge >= 0.3 is 0 Å². The molecule has 1 aromatic carbocycles. The van der Waals surface area contributed by atoms with Crippen molar-refractivity contribution in [2.45, 2.75) is 25.3 Å². The van der Waals surface area contributed by atoms with Crippen molar-refractivity contribution in [2.75, 3.05) is 16.3 Å². The maximum atomic E-state index is 13.6. The molecular formula is C18H18FN5O2S. The minimum absolute atomic E-state index is 0.0973. The van der Waals surface area contributed by atoms with Crippen LogP contribution in [0.1, 0.15) is 17.7 Å². The Morgan fingerprint density at radius 2 is 2.04 bits per heavy atom. The number of benzene rings is 1. The van der Waals surface area contributed by atoms with E-state index >= 15 is 0 Å². The molecule has 3 aromatic rings. The van der Waals surface area contributed by atoms with Crippen molar-refractivity contribution in [3.05, 3.63) is 53.9 Å². The molecule has 1 atom stereocenters. The van der Waals surface area contributed by atoms with Gasteiger partial charge in [0.05, 0.1) is 23.7 Å². The van der Waals surface area contributed by atoms with E-state index in [1.165, 1.54) is 24.7 Å². The average molecular weight is 387 g/mol. The van der Waals surface area contributed by atoms with Gasteiger partial charge in [-0.25, -0.2) is 22.8 Å². The molecule has 0 aliphatic heterocycles. The van der Waals surface area contributed by atoms with E-state index in [4.69, 9.17) is 0 Å². The van der Waals surface area contributed by atoms with Gasteiger partial charge in [0, 0.05) is 23.5 Å². The van der Waals surface area contributed by atoms with E-state index in [0.717, 1.165) is 30.4 Å². The Balaban J connectivity index is 1.55. The Kier molecular flexibility index (Phi) is 4.39. The van der Waals surface area contributed by atoms with Crippen LogP contribution in [0.3, 0.4) is 0 Å². The lowest BCUT2D eigenvalue weighted by atomic mass is 9.91. The largest absolute Gasteiger partial charge is 0.366 e. The van der Waals surface area contributed by atoms with Crippen molar-refractivity contribution in [1.82, 2.24) is 15.0 Å². The quantitative estimate of drug-likeness (QED) is 0.714. The summed E-state index contributed by atoms with van der Waals surface area (Å²) in [6, 6.07) is 6.36. The Bertz CT molecular complexity index is 1120. The smallest absolute Gasteiger partial charge is 0.229 e. The van der Waals surface area contributed by atoms with Crippen LogP contribution in [0.25, 0.3) is 10.9 Å². The van der Waals surface area contributed by atoms with Gasteiger partial charge in [-0.1, -0.05) is 0 Å². The molecule has 1 aliphatic carbocycles. The molecule has 27 heavy (non-hydrogen) atoms. The molecule has 0 bridgehead atoms. The zero-order valence-electron chi connectivity index (χ0n) is 14.6. The van der Waals surface area contributed by atoms with E-state index in [2.05, 4.69) is 25.0 Å². The van der Waals surface area contributed by atoms with Gasteiger partial charge in [0.2, 0.25) is 10.0 Å². The van der Waals surface area contributed by atoms with Crippen LogP contribution in [-0.2, 0) is 22.9 Å². The summed E-state index contributed by atoms with van der Waals surface area (Å²) >= 11 is 0. The molecule has 1 unspecified atom stereocenters. The number of aryl methyl sites for hydroxylation is 1. The van der Waals surface area contributed by atoms with Crippen molar-refractivity contribution in [1.29, 1.82) is 0 Å². The number of halogens is 1. The van der Waals surface area contributed by atoms with E-state index in [1.807, 2.05) is 6.07 Å². The number of nitrogens with one attached hydrogen (secondary N) is 2. The molecule has 1 aliphatic rings. The van der Waals surface area contributed by atoms with E-state index in [0.29, 0.717) is 28.8 Å². The first kappa shape index (κ1) is 17.6. The molecule has 7 nitrogen and oxygen atoms in total. The first-order valence-electron chi connectivity index (χ1n) is 8.50. The van der Waals surface area contributed by atoms with Crippen molar-refractivity contribution in [3.63, 3.8) is 0 Å². The second-order valence-corrected chi connectivity index (χ2v) is 8.42. The first-order chi connectivity index (χ1) is 12.9. The third-order valence-electron chi connectivity index (χ3n) is 4.50. The number of fused-ring (bicyclic) bond motifs is 2. The van der Waals surface area contributed by atoms with E-state index in [-0.39, 0.29) is 11.9 Å². The Labute approximate surface area is 156 Å². The van der Waals surface area contributed by atoms with Gasteiger partial charge in [0.25, 0.3) is 0 Å². The number of pyridine rings is 1. The number of hydrogen-bond acceptors (Lipinski definition) is 6. The molecule has 4 rings (SSSR count). The molecule has 0 amide bonds. The van der Waals surface area contributed by atoms with Gasteiger partial charge in [0.15, 0.2) is 0 Å². The van der Waals surface area contributed by atoms with Crippen molar-refractivity contribution in [3.8, 4) is 0 Å². The molecule has 0 radical (unpaired) electrons. The third kappa shape index (κ3) is 3.97. The highest BCUT2D eigenvalue weighted by Crippen LogP contribution is 2.27. The maximum Gasteiger partial charge on any atom is 0.229 e. The summed E-state index contributed by atoms with van der Waals surface area (Å²) < 4.78 is 38.8. The third-order valence-corrected chi connectivity index (χ3v) is 5.11. The predicted octanol–water partition coefficient (Wildman–Crippen LogP) is 2.50. The second kappa shape index (κ2) is 6.73. The fourth-order valence-electron chi connectivity index (χ4n) is 3.33. The van der Waals surface area contributed by atoms with E-state index in [1.54, 1.807) is 6.07 Å². The zero-order chi connectivity index (χ0) is 19.0. The molecule has 2 N–H and O–H groups in total. The zero-order valence-corrected chi connectivity index (χ0v) is 15.4. The summed E-state index contributed by atoms with van der Waals surface area (Å²) in [7, 11) is -3.33. The van der Waals surface area contributed by atoms with Crippen LogP contribution < -0.4 is 10.0 Å². The fourth-order valence-corrected chi connectivity index (χ4v) is 3.87. The molecule has 2 aromatic heterocycles. The van der Waals surface area contributed by atoms with Crippen molar-refractivity contribution in [2.24, 2.45) is 0 Å². The van der Waals surface area contributed by atoms with E-state index < -0.39 is 10.0 Å². The summed E-state index contributed by atoms with van der Waals surface area (Å²) in [5.41, 5.74) is 3.10. The lowest BCUT2D eigenvalue weighted by Gasteiger charge is -2.26. The molecule has 9 heteroatoms. The number of nitrogens with zero attached hydrogens (tertiary/aromatic N) is 3. The van der Waals surface area contributed by atoms with Crippen LogP contribution in [0.4, 0.5) is 15.9 Å². The average Bonchev–Trinajstić information content (AvgIpc) is 2.61. The summed E-state index contributed by atoms with van der Waals surface area (Å²) in [5, 5.41) is 4.02. The van der Waals surface area contributed by atoms with E-state index in [9.17, 15) is 12.8 Å². The molecule has 0 saturated carbocycles. The highest BCUT2D eigenvalue weighted by atomic mass is 32.2. The Morgan fingerprint density at radius 3 is 2.85 bits per heavy atom. The molecule has 0 fully saturated rings. The Hall–Kier alpha value is -2.81. The van der Waals surface area contributed by atoms with Crippen LogP contribution >= 0.6 is 0 Å². The normalized spacial score (nSPS) is 16.7. The fraction of sp³-hybridized carbons (Fsp3) is 0.278. The number of aromatic nitrogens is 3. The van der Waals surface area contributed by atoms with Gasteiger partial charge in [-0.15, -0.1) is 0 Å². The highest BCUT2D eigenvalue weighted by Gasteiger charge is 2.21. The first-order valence-corrected chi connectivity index (χ1v) is 10.4. The predicted molar refractivity (Wildman–Crippen MR) is 102 cm³/mol. The molecule has 140 valence electrons. The number of anilines is 2. The second-order valence-electron chi connectivity index (χ2n) is 6.67. The molecule has 2 heterocycles. The lowest BCUT2D eigenvalue weighted by molar-refractivity contribution is 0.596. The minimum atomic E-state index is -3.33. The van der Waals surface area contributed by atoms with Crippen LogP contribution in [0.2, 0.25) is 0 Å². The van der Waals surface area contributed by atoms with Crippen LogP contribution in [0.15, 0.2) is 36.8 Å². The Morgan fingerprint density at radius 1 is 1.19 bits per heavy atom. The monoisotopic (exact) mass is 387 g/mol. The summed E-state index contributed by atoms with van der Waals surface area (Å²) in [5.74, 6) is 0.269. The van der Waals surface area contributed by atoms with Crippen LogP contribution in [-0.4, -0.2) is 35.7 Å². The summed E-state index contributed by atoms with van der Waals surface area (Å²) in [4.78, 5) is 12.8. The number of sulfonamides is 1. The van der Waals surface area contributed by atoms with Crippen LogP contribution in [0, 0.1) is 5.82 Å². The lowest BCUT2D eigenvalue weighted by Crippen LogP contribution is -2.28. The molecule has 0 spiro atoms. The van der Waals surface area contributed by atoms with Crippen molar-refractivity contribution >= 4 is 32.4 Å². The standard InChI is InChI=1S/C18H18FN5O2S/c1-27(25,26)24-14-6-11-2-4-13(8-17(11)20-9-14)23-18-15-7-12(19)3-5-16(15)21-10-22-18/h3,5-7,9-10,13,24H,2,4,8H2,1H3,(H,21,22,23). The van der Waals surface area contributed by atoms with Gasteiger partial charge < -0.3 is 5.32 Å².